The van der Waals surface area contributed by atoms with Crippen molar-refractivity contribution in [3.8, 4) is 0 Å². The van der Waals surface area contributed by atoms with Crippen LogP contribution < -0.4 is 16.0 Å². The standard InChI is InChI=1S/C13H28N4O.HI/c1-4-6-7-8-9-16-13(14-5-2)17-11-10-15-12(3)18;/h4-11H2,1-3H3,(H,15,18)(H2,14,16,17);1H. The third-order valence-corrected chi connectivity index (χ3v) is 2.42. The summed E-state index contributed by atoms with van der Waals surface area (Å²) in [5.41, 5.74) is 0. The Bertz CT molecular complexity index is 247. The highest BCUT2D eigenvalue weighted by Gasteiger charge is 1.96. The lowest BCUT2D eigenvalue weighted by atomic mass is 10.2. The molecule has 0 rings (SSSR count). The fourth-order valence-electron chi connectivity index (χ4n) is 1.49. The van der Waals surface area contributed by atoms with Crippen molar-refractivity contribution in [1.29, 1.82) is 0 Å². The number of rotatable bonds is 9. The lowest BCUT2D eigenvalue weighted by Gasteiger charge is -2.11. The van der Waals surface area contributed by atoms with Gasteiger partial charge in [-0.25, -0.2) is 0 Å². The number of carbonyl (C=O) groups is 1. The summed E-state index contributed by atoms with van der Waals surface area (Å²) in [5.74, 6) is 0.831. The third kappa shape index (κ3) is 15.4. The topological polar surface area (TPSA) is 65.5 Å². The molecule has 0 unspecified atom stereocenters. The summed E-state index contributed by atoms with van der Waals surface area (Å²) >= 11 is 0. The minimum absolute atomic E-state index is 0. The van der Waals surface area contributed by atoms with E-state index in [0.717, 1.165) is 25.5 Å². The largest absolute Gasteiger partial charge is 0.357 e. The van der Waals surface area contributed by atoms with E-state index in [9.17, 15) is 4.79 Å². The summed E-state index contributed by atoms with van der Waals surface area (Å²) in [6.07, 6.45) is 4.90. The van der Waals surface area contributed by atoms with Crippen molar-refractivity contribution >= 4 is 35.8 Å². The van der Waals surface area contributed by atoms with Crippen LogP contribution in [-0.2, 0) is 4.79 Å². The summed E-state index contributed by atoms with van der Waals surface area (Å²) in [6, 6.07) is 0. The van der Waals surface area contributed by atoms with E-state index in [1.54, 1.807) is 0 Å². The van der Waals surface area contributed by atoms with Crippen molar-refractivity contribution in [1.82, 2.24) is 16.0 Å². The maximum Gasteiger partial charge on any atom is 0.216 e. The van der Waals surface area contributed by atoms with E-state index in [1.165, 1.54) is 26.2 Å². The number of guanidine groups is 1. The van der Waals surface area contributed by atoms with Gasteiger partial charge in [0.2, 0.25) is 5.91 Å². The molecule has 0 saturated heterocycles. The average molecular weight is 384 g/mol. The van der Waals surface area contributed by atoms with Crippen LogP contribution in [0.15, 0.2) is 4.99 Å². The van der Waals surface area contributed by atoms with Crippen molar-refractivity contribution in [2.45, 2.75) is 46.5 Å². The molecule has 0 aliphatic rings. The van der Waals surface area contributed by atoms with E-state index < -0.39 is 0 Å². The van der Waals surface area contributed by atoms with Crippen LogP contribution in [0, 0.1) is 0 Å². The van der Waals surface area contributed by atoms with Gasteiger partial charge in [-0.05, 0) is 13.3 Å². The van der Waals surface area contributed by atoms with Gasteiger partial charge in [0, 0.05) is 33.1 Å². The maximum atomic E-state index is 10.7. The Morgan fingerprint density at radius 1 is 1.00 bits per heavy atom. The Morgan fingerprint density at radius 3 is 2.26 bits per heavy atom. The second kappa shape index (κ2) is 15.5. The quantitative estimate of drug-likeness (QED) is 0.246. The van der Waals surface area contributed by atoms with Gasteiger partial charge in [-0.1, -0.05) is 26.2 Å². The molecule has 0 atom stereocenters. The molecule has 0 saturated carbocycles. The number of carbonyl (C=O) groups excluding carboxylic acids is 1. The zero-order chi connectivity index (χ0) is 13.6. The molecule has 0 aliphatic heterocycles. The van der Waals surface area contributed by atoms with Gasteiger partial charge >= 0.3 is 0 Å². The summed E-state index contributed by atoms with van der Waals surface area (Å²) in [7, 11) is 0. The summed E-state index contributed by atoms with van der Waals surface area (Å²) in [4.78, 5) is 15.2. The van der Waals surface area contributed by atoms with E-state index >= 15 is 0 Å². The molecule has 6 heteroatoms. The van der Waals surface area contributed by atoms with Gasteiger partial charge in [-0.3, -0.25) is 9.79 Å². The van der Waals surface area contributed by atoms with Crippen molar-refractivity contribution in [2.75, 3.05) is 26.2 Å². The third-order valence-electron chi connectivity index (χ3n) is 2.42. The number of aliphatic imine (C=N–C) groups is 1. The number of nitrogens with zero attached hydrogens (tertiary/aromatic N) is 1. The number of halogens is 1. The molecular weight excluding hydrogens is 355 g/mol. The van der Waals surface area contributed by atoms with Crippen LogP contribution in [0.25, 0.3) is 0 Å². The molecule has 114 valence electrons. The molecule has 0 fully saturated rings. The minimum Gasteiger partial charge on any atom is -0.357 e. The number of nitrogens with one attached hydrogen (secondary N) is 3. The SMILES string of the molecule is CCCCCCN=C(NCC)NCCNC(C)=O.I. The number of hydrogen-bond donors (Lipinski definition) is 3. The molecule has 0 spiro atoms. The Hall–Kier alpha value is -0.530. The number of hydrogen-bond acceptors (Lipinski definition) is 2. The van der Waals surface area contributed by atoms with Crippen molar-refractivity contribution in [3.05, 3.63) is 0 Å². The molecule has 19 heavy (non-hydrogen) atoms. The minimum atomic E-state index is -0.00157. The van der Waals surface area contributed by atoms with Gasteiger partial charge in [0.25, 0.3) is 0 Å². The monoisotopic (exact) mass is 384 g/mol. The first-order valence-electron chi connectivity index (χ1n) is 6.97. The zero-order valence-electron chi connectivity index (χ0n) is 12.4. The van der Waals surface area contributed by atoms with Crippen LogP contribution in [-0.4, -0.2) is 38.0 Å². The first-order chi connectivity index (χ1) is 8.70. The smallest absolute Gasteiger partial charge is 0.216 e. The van der Waals surface area contributed by atoms with Gasteiger partial charge in [-0.15, -0.1) is 24.0 Å². The predicted molar refractivity (Wildman–Crippen MR) is 92.2 cm³/mol. The van der Waals surface area contributed by atoms with Crippen LogP contribution in [0.2, 0.25) is 0 Å². The molecule has 0 aromatic heterocycles. The van der Waals surface area contributed by atoms with Crippen LogP contribution in [0.3, 0.4) is 0 Å². The molecular formula is C13H29IN4O. The lowest BCUT2D eigenvalue weighted by Crippen LogP contribution is -2.41. The van der Waals surface area contributed by atoms with Gasteiger partial charge in [-0.2, -0.15) is 0 Å². The number of unbranched alkanes of at least 4 members (excludes halogenated alkanes) is 3. The highest BCUT2D eigenvalue weighted by atomic mass is 127. The zero-order valence-corrected chi connectivity index (χ0v) is 14.8. The second-order valence-electron chi connectivity index (χ2n) is 4.23. The molecule has 0 bridgehead atoms. The fraction of sp³-hybridized carbons (Fsp3) is 0.846. The molecule has 5 nitrogen and oxygen atoms in total. The summed E-state index contributed by atoms with van der Waals surface area (Å²) in [6.45, 7) is 8.79. The van der Waals surface area contributed by atoms with E-state index in [2.05, 4.69) is 27.9 Å². The van der Waals surface area contributed by atoms with E-state index in [-0.39, 0.29) is 29.9 Å². The second-order valence-corrected chi connectivity index (χ2v) is 4.23. The molecule has 0 aromatic carbocycles. The molecule has 3 N–H and O–H groups in total. The molecule has 0 aliphatic carbocycles. The van der Waals surface area contributed by atoms with Crippen molar-refractivity contribution in [3.63, 3.8) is 0 Å². The van der Waals surface area contributed by atoms with E-state index in [0.29, 0.717) is 13.1 Å². The molecule has 0 heterocycles. The van der Waals surface area contributed by atoms with Crippen LogP contribution in [0.5, 0.6) is 0 Å². The van der Waals surface area contributed by atoms with E-state index in [1.807, 2.05) is 6.92 Å². The average Bonchev–Trinajstić information content (AvgIpc) is 2.33. The van der Waals surface area contributed by atoms with Crippen LogP contribution in [0.4, 0.5) is 0 Å². The summed E-state index contributed by atoms with van der Waals surface area (Å²) in [5, 5.41) is 9.12. The Morgan fingerprint density at radius 2 is 1.68 bits per heavy atom. The summed E-state index contributed by atoms with van der Waals surface area (Å²) < 4.78 is 0. The van der Waals surface area contributed by atoms with Gasteiger partial charge in [0.15, 0.2) is 5.96 Å². The highest BCUT2D eigenvalue weighted by molar-refractivity contribution is 14.0. The van der Waals surface area contributed by atoms with Crippen molar-refractivity contribution < 1.29 is 4.79 Å². The molecule has 0 radical (unpaired) electrons. The van der Waals surface area contributed by atoms with Crippen LogP contribution in [0.1, 0.15) is 46.5 Å². The van der Waals surface area contributed by atoms with Gasteiger partial charge in [0.1, 0.15) is 0 Å². The van der Waals surface area contributed by atoms with Gasteiger partial charge < -0.3 is 16.0 Å². The van der Waals surface area contributed by atoms with E-state index in [4.69, 9.17) is 0 Å². The Balaban J connectivity index is 0. The van der Waals surface area contributed by atoms with Gasteiger partial charge in [0.05, 0.1) is 0 Å². The lowest BCUT2D eigenvalue weighted by molar-refractivity contribution is -0.118. The predicted octanol–water partition coefficient (Wildman–Crippen LogP) is 1.88. The molecule has 1 amide bonds. The fourth-order valence-corrected chi connectivity index (χ4v) is 1.49. The normalized spacial score (nSPS) is 10.6. The number of amides is 1. The van der Waals surface area contributed by atoms with Crippen molar-refractivity contribution in [2.24, 2.45) is 4.99 Å². The maximum absolute atomic E-state index is 10.7. The highest BCUT2D eigenvalue weighted by Crippen LogP contribution is 1.98. The Labute approximate surface area is 134 Å². The van der Waals surface area contributed by atoms with Crippen LogP contribution >= 0.6 is 24.0 Å². The Kier molecular flexibility index (Phi) is 17.0. The first kappa shape index (κ1) is 20.8. The molecule has 0 aromatic rings. The first-order valence-corrected chi connectivity index (χ1v) is 6.97.